The molecule has 3 N–H and O–H groups in total. The predicted molar refractivity (Wildman–Crippen MR) is 97.2 cm³/mol. The SMILES string of the molecule is NCCN(C(=O)CCl)[C@@H](CC1CCCCC1)C(=O)Nc1nccs1. The van der Waals surface area contributed by atoms with Gasteiger partial charge in [-0.1, -0.05) is 32.1 Å². The molecule has 6 nitrogen and oxygen atoms in total. The van der Waals surface area contributed by atoms with Gasteiger partial charge in [-0.15, -0.1) is 22.9 Å². The van der Waals surface area contributed by atoms with Crippen molar-refractivity contribution in [3.63, 3.8) is 0 Å². The average molecular weight is 373 g/mol. The molecule has 134 valence electrons. The van der Waals surface area contributed by atoms with Gasteiger partial charge in [-0.05, 0) is 12.3 Å². The summed E-state index contributed by atoms with van der Waals surface area (Å²) in [6.45, 7) is 0.628. The Morgan fingerprint density at radius 2 is 2.17 bits per heavy atom. The van der Waals surface area contributed by atoms with Gasteiger partial charge in [-0.25, -0.2) is 4.98 Å². The van der Waals surface area contributed by atoms with E-state index in [0.29, 0.717) is 30.6 Å². The molecular weight excluding hydrogens is 348 g/mol. The Balaban J connectivity index is 2.14. The van der Waals surface area contributed by atoms with E-state index in [1.54, 1.807) is 11.6 Å². The Hall–Kier alpha value is -1.18. The third-order valence-corrected chi connectivity index (χ3v) is 5.34. The van der Waals surface area contributed by atoms with Crippen molar-refractivity contribution >= 4 is 39.9 Å². The number of thiazole rings is 1. The first kappa shape index (κ1) is 19.1. The van der Waals surface area contributed by atoms with Crippen molar-refractivity contribution in [2.75, 3.05) is 24.3 Å². The summed E-state index contributed by atoms with van der Waals surface area (Å²) >= 11 is 7.10. The number of nitrogens with one attached hydrogen (secondary N) is 1. The van der Waals surface area contributed by atoms with Gasteiger partial charge in [0, 0.05) is 24.7 Å². The Bertz CT molecular complexity index is 520. The lowest BCUT2D eigenvalue weighted by Crippen LogP contribution is -2.50. The molecule has 1 fully saturated rings. The van der Waals surface area contributed by atoms with Crippen LogP contribution in [0.3, 0.4) is 0 Å². The summed E-state index contributed by atoms with van der Waals surface area (Å²) in [6.07, 6.45) is 8.12. The maximum absolute atomic E-state index is 12.8. The van der Waals surface area contributed by atoms with Crippen molar-refractivity contribution < 1.29 is 9.59 Å². The number of hydrogen-bond donors (Lipinski definition) is 2. The van der Waals surface area contributed by atoms with Crippen LogP contribution in [-0.4, -0.2) is 46.7 Å². The molecule has 1 aliphatic carbocycles. The molecule has 2 amide bonds. The fraction of sp³-hybridized carbons (Fsp3) is 0.688. The van der Waals surface area contributed by atoms with Crippen molar-refractivity contribution in [2.24, 2.45) is 11.7 Å². The molecule has 0 spiro atoms. The molecule has 1 heterocycles. The second-order valence-electron chi connectivity index (χ2n) is 6.09. The molecule has 1 aliphatic rings. The lowest BCUT2D eigenvalue weighted by molar-refractivity contribution is -0.137. The Morgan fingerprint density at radius 1 is 1.42 bits per heavy atom. The van der Waals surface area contributed by atoms with Gasteiger partial charge >= 0.3 is 0 Å². The lowest BCUT2D eigenvalue weighted by Gasteiger charge is -2.33. The van der Waals surface area contributed by atoms with Gasteiger partial charge in [-0.3, -0.25) is 9.59 Å². The number of aromatic nitrogens is 1. The molecule has 0 saturated heterocycles. The summed E-state index contributed by atoms with van der Waals surface area (Å²) in [5, 5.41) is 5.16. The molecule has 8 heteroatoms. The quantitative estimate of drug-likeness (QED) is 0.686. The smallest absolute Gasteiger partial charge is 0.248 e. The maximum atomic E-state index is 12.8. The first-order chi connectivity index (χ1) is 11.7. The number of carbonyl (C=O) groups excluding carboxylic acids is 2. The first-order valence-electron chi connectivity index (χ1n) is 8.41. The summed E-state index contributed by atoms with van der Waals surface area (Å²) in [6, 6.07) is -0.549. The summed E-state index contributed by atoms with van der Waals surface area (Å²) in [5.41, 5.74) is 5.65. The minimum atomic E-state index is -0.549. The van der Waals surface area contributed by atoms with Gasteiger partial charge in [-0.2, -0.15) is 0 Å². The van der Waals surface area contributed by atoms with Crippen LogP contribution in [0.15, 0.2) is 11.6 Å². The molecule has 2 rings (SSSR count). The average Bonchev–Trinajstić information content (AvgIpc) is 3.11. The molecule has 1 aromatic rings. The minimum absolute atomic E-state index is 0.147. The van der Waals surface area contributed by atoms with Crippen LogP contribution < -0.4 is 11.1 Å². The van der Waals surface area contributed by atoms with E-state index in [0.717, 1.165) is 12.8 Å². The molecule has 0 aliphatic heterocycles. The zero-order valence-electron chi connectivity index (χ0n) is 13.7. The van der Waals surface area contributed by atoms with Crippen LogP contribution in [0.1, 0.15) is 38.5 Å². The molecule has 0 radical (unpaired) electrons. The van der Waals surface area contributed by atoms with Crippen molar-refractivity contribution in [2.45, 2.75) is 44.6 Å². The molecule has 1 saturated carbocycles. The van der Waals surface area contributed by atoms with Crippen LogP contribution in [0.4, 0.5) is 5.13 Å². The van der Waals surface area contributed by atoms with E-state index in [4.69, 9.17) is 17.3 Å². The highest BCUT2D eigenvalue weighted by Crippen LogP contribution is 2.29. The number of rotatable bonds is 8. The Morgan fingerprint density at radius 3 is 2.75 bits per heavy atom. The molecule has 0 bridgehead atoms. The summed E-state index contributed by atoms with van der Waals surface area (Å²) in [5.74, 6) is -0.153. The molecule has 24 heavy (non-hydrogen) atoms. The number of hydrogen-bond acceptors (Lipinski definition) is 5. The van der Waals surface area contributed by atoms with E-state index in [9.17, 15) is 9.59 Å². The number of halogens is 1. The van der Waals surface area contributed by atoms with Gasteiger partial charge in [0.2, 0.25) is 11.8 Å². The first-order valence-corrected chi connectivity index (χ1v) is 9.83. The lowest BCUT2D eigenvalue weighted by atomic mass is 9.84. The van der Waals surface area contributed by atoms with E-state index in [1.165, 1.54) is 35.5 Å². The zero-order chi connectivity index (χ0) is 17.4. The van der Waals surface area contributed by atoms with Gasteiger partial charge in [0.05, 0.1) is 0 Å². The topological polar surface area (TPSA) is 88.3 Å². The molecule has 1 atom stereocenters. The fourth-order valence-corrected chi connectivity index (χ4v) is 3.94. The van der Waals surface area contributed by atoms with Crippen LogP contribution in [0.5, 0.6) is 0 Å². The van der Waals surface area contributed by atoms with Gasteiger partial charge in [0.25, 0.3) is 0 Å². The fourth-order valence-electron chi connectivity index (χ4n) is 3.26. The van der Waals surface area contributed by atoms with Crippen LogP contribution in [0, 0.1) is 5.92 Å². The molecule has 0 unspecified atom stereocenters. The minimum Gasteiger partial charge on any atom is -0.329 e. The van der Waals surface area contributed by atoms with Crippen LogP contribution in [0.2, 0.25) is 0 Å². The third-order valence-electron chi connectivity index (χ3n) is 4.43. The van der Waals surface area contributed by atoms with Gasteiger partial charge in [0.15, 0.2) is 5.13 Å². The van der Waals surface area contributed by atoms with Gasteiger partial charge in [0.1, 0.15) is 11.9 Å². The number of amides is 2. The second-order valence-corrected chi connectivity index (χ2v) is 7.25. The number of carbonyl (C=O) groups is 2. The van der Waals surface area contributed by atoms with Crippen molar-refractivity contribution in [1.29, 1.82) is 0 Å². The summed E-state index contributed by atoms with van der Waals surface area (Å²) in [7, 11) is 0. The number of alkyl halides is 1. The molecular formula is C16H25ClN4O2S. The van der Waals surface area contributed by atoms with E-state index in [-0.39, 0.29) is 17.7 Å². The predicted octanol–water partition coefficient (Wildman–Crippen LogP) is 2.45. The van der Waals surface area contributed by atoms with Crippen LogP contribution >= 0.6 is 22.9 Å². The Labute approximate surface area is 151 Å². The summed E-state index contributed by atoms with van der Waals surface area (Å²) < 4.78 is 0. The highest BCUT2D eigenvalue weighted by Gasteiger charge is 2.32. The Kier molecular flexibility index (Phi) is 7.94. The normalized spacial score (nSPS) is 16.6. The highest BCUT2D eigenvalue weighted by atomic mass is 35.5. The zero-order valence-corrected chi connectivity index (χ0v) is 15.3. The van der Waals surface area contributed by atoms with Crippen LogP contribution in [0.25, 0.3) is 0 Å². The van der Waals surface area contributed by atoms with E-state index >= 15 is 0 Å². The number of nitrogens with two attached hydrogens (primary N) is 1. The third kappa shape index (κ3) is 5.43. The van der Waals surface area contributed by atoms with Crippen LogP contribution in [-0.2, 0) is 9.59 Å². The number of nitrogens with zero attached hydrogens (tertiary/aromatic N) is 2. The second kappa shape index (κ2) is 9.96. The van der Waals surface area contributed by atoms with Crippen molar-refractivity contribution in [1.82, 2.24) is 9.88 Å². The standard InChI is InChI=1S/C16H25ClN4O2S/c17-11-14(22)21(8-6-18)13(10-12-4-2-1-3-5-12)15(23)20-16-19-7-9-24-16/h7,9,12-13H,1-6,8,10-11,18H2,(H,19,20,23)/t13-/m0/s1. The molecule has 0 aromatic carbocycles. The summed E-state index contributed by atoms with van der Waals surface area (Å²) in [4.78, 5) is 30.7. The van der Waals surface area contributed by atoms with Crippen molar-refractivity contribution in [3.05, 3.63) is 11.6 Å². The monoisotopic (exact) mass is 372 g/mol. The maximum Gasteiger partial charge on any atom is 0.248 e. The van der Waals surface area contributed by atoms with E-state index < -0.39 is 6.04 Å². The van der Waals surface area contributed by atoms with E-state index in [1.807, 2.05) is 0 Å². The molecule has 1 aromatic heterocycles. The largest absolute Gasteiger partial charge is 0.329 e. The number of anilines is 1. The van der Waals surface area contributed by atoms with Gasteiger partial charge < -0.3 is 16.0 Å². The van der Waals surface area contributed by atoms with Crippen molar-refractivity contribution in [3.8, 4) is 0 Å². The highest BCUT2D eigenvalue weighted by molar-refractivity contribution is 7.13. The van der Waals surface area contributed by atoms with E-state index in [2.05, 4.69) is 10.3 Å².